The predicted octanol–water partition coefficient (Wildman–Crippen LogP) is 2.47. The molecule has 2 saturated heterocycles. The van der Waals surface area contributed by atoms with Crippen LogP contribution in [0.4, 0.5) is 0 Å². The minimum Gasteiger partial charge on any atom is -0.468 e. The van der Waals surface area contributed by atoms with E-state index >= 15 is 0 Å². The van der Waals surface area contributed by atoms with Crippen LogP contribution in [0.15, 0.2) is 27.8 Å². The molecule has 1 aromatic rings. The van der Waals surface area contributed by atoms with E-state index in [1.807, 2.05) is 6.07 Å². The van der Waals surface area contributed by atoms with Crippen LogP contribution in [0.1, 0.15) is 38.5 Å². The molecule has 2 unspecified atom stereocenters. The van der Waals surface area contributed by atoms with Crippen molar-refractivity contribution in [2.45, 2.75) is 32.7 Å². The number of piperazine rings is 1. The van der Waals surface area contributed by atoms with E-state index < -0.39 is 0 Å². The fourth-order valence-electron chi connectivity index (χ4n) is 4.25. The van der Waals surface area contributed by atoms with Crippen molar-refractivity contribution in [1.82, 2.24) is 25.3 Å². The van der Waals surface area contributed by atoms with E-state index in [0.29, 0.717) is 5.92 Å². The summed E-state index contributed by atoms with van der Waals surface area (Å²) in [6.07, 6.45) is 4.32. The van der Waals surface area contributed by atoms with Gasteiger partial charge in [0.15, 0.2) is 5.96 Å². The molecular formula is C22H41IN6O. The third-order valence-corrected chi connectivity index (χ3v) is 5.99. The van der Waals surface area contributed by atoms with Crippen molar-refractivity contribution < 1.29 is 4.42 Å². The third-order valence-electron chi connectivity index (χ3n) is 5.99. The van der Waals surface area contributed by atoms with Gasteiger partial charge in [-0.25, -0.2) is 0 Å². The molecule has 7 nitrogen and oxygen atoms in total. The first-order chi connectivity index (χ1) is 14.2. The number of likely N-dealkylation sites (N-methyl/N-ethyl adjacent to an activating group) is 1. The van der Waals surface area contributed by atoms with Gasteiger partial charge >= 0.3 is 0 Å². The van der Waals surface area contributed by atoms with Gasteiger partial charge in [0, 0.05) is 52.4 Å². The van der Waals surface area contributed by atoms with Gasteiger partial charge in [0.2, 0.25) is 0 Å². The van der Waals surface area contributed by atoms with Gasteiger partial charge in [0.25, 0.3) is 0 Å². The number of hydrogen-bond acceptors (Lipinski definition) is 5. The standard InChI is InChI=1S/C22H40N6O.HI/c1-4-23-22(24-16-19(2)18-27-13-11-26(3)12-14-27)25-17-20(21-8-7-15-29-21)28-9-5-6-10-28;/h7-8,15,19-20H,4-6,9-14,16-18H2,1-3H3,(H2,23,24,25);1H. The van der Waals surface area contributed by atoms with Gasteiger partial charge in [0.05, 0.1) is 12.3 Å². The van der Waals surface area contributed by atoms with Gasteiger partial charge in [-0.3, -0.25) is 9.89 Å². The summed E-state index contributed by atoms with van der Waals surface area (Å²) in [4.78, 5) is 12.4. The zero-order chi connectivity index (χ0) is 20.5. The van der Waals surface area contributed by atoms with Gasteiger partial charge in [-0.05, 0) is 58.0 Å². The summed E-state index contributed by atoms with van der Waals surface area (Å²) in [5.41, 5.74) is 0. The summed E-state index contributed by atoms with van der Waals surface area (Å²) in [7, 11) is 2.21. The lowest BCUT2D eigenvalue weighted by Gasteiger charge is -2.33. The van der Waals surface area contributed by atoms with Gasteiger partial charge < -0.3 is 24.9 Å². The molecule has 2 atom stereocenters. The van der Waals surface area contributed by atoms with Crippen molar-refractivity contribution in [3.05, 3.63) is 24.2 Å². The van der Waals surface area contributed by atoms with Gasteiger partial charge in [0.1, 0.15) is 5.76 Å². The first-order valence-electron chi connectivity index (χ1n) is 11.4. The van der Waals surface area contributed by atoms with E-state index in [4.69, 9.17) is 9.41 Å². The molecule has 3 rings (SSSR count). The highest BCUT2D eigenvalue weighted by Crippen LogP contribution is 2.24. The van der Waals surface area contributed by atoms with Crippen molar-refractivity contribution in [3.8, 4) is 0 Å². The van der Waals surface area contributed by atoms with E-state index in [2.05, 4.69) is 52.3 Å². The Morgan fingerprint density at radius 2 is 1.87 bits per heavy atom. The smallest absolute Gasteiger partial charge is 0.191 e. The molecule has 2 fully saturated rings. The van der Waals surface area contributed by atoms with Crippen molar-refractivity contribution in [1.29, 1.82) is 0 Å². The highest BCUT2D eigenvalue weighted by molar-refractivity contribution is 14.0. The van der Waals surface area contributed by atoms with Crippen molar-refractivity contribution >= 4 is 29.9 Å². The summed E-state index contributed by atoms with van der Waals surface area (Å²) >= 11 is 0. The molecule has 1 aromatic heterocycles. The molecule has 0 spiro atoms. The molecular weight excluding hydrogens is 491 g/mol. The van der Waals surface area contributed by atoms with Crippen LogP contribution in [0.2, 0.25) is 0 Å². The van der Waals surface area contributed by atoms with E-state index in [-0.39, 0.29) is 30.0 Å². The Labute approximate surface area is 199 Å². The van der Waals surface area contributed by atoms with Crippen LogP contribution in [-0.2, 0) is 0 Å². The Morgan fingerprint density at radius 3 is 2.50 bits per heavy atom. The summed E-state index contributed by atoms with van der Waals surface area (Å²) in [5.74, 6) is 2.50. The van der Waals surface area contributed by atoms with Crippen LogP contribution in [0, 0.1) is 5.92 Å². The second-order valence-electron chi connectivity index (χ2n) is 8.58. The highest BCUT2D eigenvalue weighted by atomic mass is 127. The van der Waals surface area contributed by atoms with Crippen LogP contribution in [0.25, 0.3) is 0 Å². The molecule has 0 aromatic carbocycles. The lowest BCUT2D eigenvalue weighted by atomic mass is 10.1. The fraction of sp³-hybridized carbons (Fsp3) is 0.773. The maximum Gasteiger partial charge on any atom is 0.191 e. The van der Waals surface area contributed by atoms with Crippen molar-refractivity contribution in [2.75, 3.05) is 72.5 Å². The third kappa shape index (κ3) is 8.01. The Balaban J connectivity index is 0.00000320. The van der Waals surface area contributed by atoms with Gasteiger partial charge in [-0.15, -0.1) is 24.0 Å². The second kappa shape index (κ2) is 13.5. The lowest BCUT2D eigenvalue weighted by Crippen LogP contribution is -2.46. The molecule has 0 bridgehead atoms. The number of furan rings is 1. The Bertz CT molecular complexity index is 597. The first-order valence-corrected chi connectivity index (χ1v) is 11.4. The minimum absolute atomic E-state index is 0. The molecule has 3 heterocycles. The molecule has 2 aliphatic heterocycles. The number of nitrogens with zero attached hydrogens (tertiary/aromatic N) is 4. The Kier molecular flexibility index (Phi) is 11.5. The zero-order valence-electron chi connectivity index (χ0n) is 19.0. The second-order valence-corrected chi connectivity index (χ2v) is 8.58. The van der Waals surface area contributed by atoms with E-state index in [1.54, 1.807) is 6.26 Å². The topological polar surface area (TPSA) is 59.3 Å². The number of halogens is 1. The minimum atomic E-state index is 0. The maximum absolute atomic E-state index is 5.74. The summed E-state index contributed by atoms with van der Waals surface area (Å²) in [6, 6.07) is 4.34. The lowest BCUT2D eigenvalue weighted by molar-refractivity contribution is 0.140. The SMILES string of the molecule is CCNC(=NCC(C)CN1CCN(C)CC1)NCC(c1ccco1)N1CCCC1.I. The maximum atomic E-state index is 5.74. The molecule has 30 heavy (non-hydrogen) atoms. The first kappa shape index (κ1) is 25.4. The Hall–Kier alpha value is -0.840. The van der Waals surface area contributed by atoms with Crippen LogP contribution in [0.5, 0.6) is 0 Å². The monoisotopic (exact) mass is 532 g/mol. The average Bonchev–Trinajstić information content (AvgIpc) is 3.43. The van der Waals surface area contributed by atoms with E-state index in [1.165, 1.54) is 39.0 Å². The molecule has 172 valence electrons. The number of guanidine groups is 1. The van der Waals surface area contributed by atoms with E-state index in [9.17, 15) is 0 Å². The number of rotatable bonds is 9. The molecule has 0 radical (unpaired) electrons. The van der Waals surface area contributed by atoms with Crippen LogP contribution in [-0.4, -0.2) is 93.2 Å². The van der Waals surface area contributed by atoms with Gasteiger partial charge in [-0.1, -0.05) is 6.92 Å². The number of nitrogens with one attached hydrogen (secondary N) is 2. The molecule has 2 N–H and O–H groups in total. The van der Waals surface area contributed by atoms with Crippen LogP contribution < -0.4 is 10.6 Å². The van der Waals surface area contributed by atoms with Crippen LogP contribution in [0.3, 0.4) is 0 Å². The van der Waals surface area contributed by atoms with Crippen molar-refractivity contribution in [3.63, 3.8) is 0 Å². The molecule has 0 amide bonds. The molecule has 0 aliphatic carbocycles. The number of hydrogen-bond donors (Lipinski definition) is 2. The summed E-state index contributed by atoms with van der Waals surface area (Å²) in [6.45, 7) is 15.0. The van der Waals surface area contributed by atoms with Crippen molar-refractivity contribution in [2.24, 2.45) is 10.9 Å². The van der Waals surface area contributed by atoms with E-state index in [0.717, 1.165) is 51.0 Å². The quantitative estimate of drug-likeness (QED) is 0.290. The summed E-state index contributed by atoms with van der Waals surface area (Å²) < 4.78 is 5.74. The zero-order valence-corrected chi connectivity index (χ0v) is 21.3. The van der Waals surface area contributed by atoms with Crippen LogP contribution >= 0.6 is 24.0 Å². The predicted molar refractivity (Wildman–Crippen MR) is 135 cm³/mol. The number of likely N-dealkylation sites (tertiary alicyclic amines) is 1. The Morgan fingerprint density at radius 1 is 1.13 bits per heavy atom. The van der Waals surface area contributed by atoms with Gasteiger partial charge in [-0.2, -0.15) is 0 Å². The highest BCUT2D eigenvalue weighted by Gasteiger charge is 2.25. The molecule has 2 aliphatic rings. The molecule has 8 heteroatoms. The largest absolute Gasteiger partial charge is 0.468 e. The number of aliphatic imine (C=N–C) groups is 1. The average molecular weight is 533 g/mol. The fourth-order valence-corrected chi connectivity index (χ4v) is 4.25. The summed E-state index contributed by atoms with van der Waals surface area (Å²) in [5, 5.41) is 6.98. The normalized spacial score (nSPS) is 21.2. The molecule has 0 saturated carbocycles.